The molecule has 1 aromatic rings. The van der Waals surface area contributed by atoms with Gasteiger partial charge in [-0.2, -0.15) is 4.99 Å². The number of hydrogen-bond donors (Lipinski definition) is 0. The molecule has 0 N–H and O–H groups in total. The van der Waals surface area contributed by atoms with Gasteiger partial charge in [0.15, 0.2) is 5.75 Å². The first-order valence-electron chi connectivity index (χ1n) is 4.18. The summed E-state index contributed by atoms with van der Waals surface area (Å²) in [5.41, 5.74) is 0.126. The van der Waals surface area contributed by atoms with Crippen molar-refractivity contribution in [3.63, 3.8) is 0 Å². The van der Waals surface area contributed by atoms with Crippen LogP contribution in [0.3, 0.4) is 0 Å². The first-order chi connectivity index (χ1) is 7.19. The average molecular weight is 208 g/mol. The summed E-state index contributed by atoms with van der Waals surface area (Å²) in [6, 6.07) is 3.92. The van der Waals surface area contributed by atoms with Gasteiger partial charge in [0.05, 0.1) is 17.2 Å². The van der Waals surface area contributed by atoms with E-state index in [-0.39, 0.29) is 17.1 Å². The zero-order valence-electron chi connectivity index (χ0n) is 7.97. The molecule has 15 heavy (non-hydrogen) atoms. The van der Waals surface area contributed by atoms with Crippen molar-refractivity contribution in [1.29, 1.82) is 0 Å². The lowest BCUT2D eigenvalue weighted by Crippen LogP contribution is -1.96. The zero-order chi connectivity index (χ0) is 11.3. The molecule has 0 amide bonds. The minimum atomic E-state index is -0.556. The fraction of sp³-hybridized carbons (Fsp3) is 0.222. The summed E-state index contributed by atoms with van der Waals surface area (Å²) in [4.78, 5) is 23.4. The van der Waals surface area contributed by atoms with Crippen molar-refractivity contribution in [2.45, 2.75) is 6.92 Å². The first kappa shape index (κ1) is 10.9. The fourth-order valence-corrected chi connectivity index (χ4v) is 1.05. The number of aliphatic imine (C=N–C) groups is 1. The highest BCUT2D eigenvalue weighted by molar-refractivity contribution is 5.58. The number of hydrogen-bond acceptors (Lipinski definition) is 5. The second-order valence-electron chi connectivity index (χ2n) is 2.55. The summed E-state index contributed by atoms with van der Waals surface area (Å²) < 4.78 is 5.05. The van der Waals surface area contributed by atoms with Crippen molar-refractivity contribution in [2.75, 3.05) is 6.61 Å². The Hall–Kier alpha value is -2.20. The quantitative estimate of drug-likeness (QED) is 0.327. The Morgan fingerprint density at radius 3 is 2.87 bits per heavy atom. The maximum atomic E-state index is 10.6. The third kappa shape index (κ3) is 2.62. The molecule has 78 valence electrons. The highest BCUT2D eigenvalue weighted by Crippen LogP contribution is 2.30. The van der Waals surface area contributed by atoms with E-state index in [4.69, 9.17) is 4.74 Å². The van der Waals surface area contributed by atoms with Crippen molar-refractivity contribution >= 4 is 17.5 Å². The van der Waals surface area contributed by atoms with Crippen LogP contribution in [0.4, 0.5) is 11.4 Å². The molecule has 0 aliphatic carbocycles. The van der Waals surface area contributed by atoms with Gasteiger partial charge < -0.3 is 4.74 Å². The van der Waals surface area contributed by atoms with Crippen LogP contribution in [0.5, 0.6) is 5.75 Å². The van der Waals surface area contributed by atoms with Gasteiger partial charge in [0.1, 0.15) is 0 Å². The Kier molecular flexibility index (Phi) is 3.54. The summed E-state index contributed by atoms with van der Waals surface area (Å²) in [6.07, 6.45) is 1.35. The van der Waals surface area contributed by atoms with Crippen LogP contribution in [-0.4, -0.2) is 17.6 Å². The molecule has 0 radical (unpaired) electrons. The normalized spacial score (nSPS) is 9.13. The molecular formula is C9H8N2O4. The van der Waals surface area contributed by atoms with E-state index in [0.29, 0.717) is 6.61 Å². The van der Waals surface area contributed by atoms with Gasteiger partial charge in [-0.25, -0.2) is 4.79 Å². The molecule has 0 saturated heterocycles. The summed E-state index contributed by atoms with van der Waals surface area (Å²) >= 11 is 0. The molecule has 0 aromatic heterocycles. The number of nitrogens with zero attached hydrogens (tertiary/aromatic N) is 2. The Morgan fingerprint density at radius 1 is 1.60 bits per heavy atom. The van der Waals surface area contributed by atoms with Crippen molar-refractivity contribution < 1.29 is 14.5 Å². The number of rotatable bonds is 4. The van der Waals surface area contributed by atoms with E-state index < -0.39 is 4.92 Å². The lowest BCUT2D eigenvalue weighted by molar-refractivity contribution is -0.385. The van der Waals surface area contributed by atoms with Crippen molar-refractivity contribution in [1.82, 2.24) is 0 Å². The van der Waals surface area contributed by atoms with Gasteiger partial charge in [-0.3, -0.25) is 10.1 Å². The van der Waals surface area contributed by atoms with Gasteiger partial charge in [0, 0.05) is 12.1 Å². The summed E-state index contributed by atoms with van der Waals surface area (Å²) in [6.45, 7) is 2.01. The van der Waals surface area contributed by atoms with E-state index in [9.17, 15) is 14.9 Å². The zero-order valence-corrected chi connectivity index (χ0v) is 7.97. The van der Waals surface area contributed by atoms with E-state index >= 15 is 0 Å². The van der Waals surface area contributed by atoms with Crippen LogP contribution in [0.15, 0.2) is 23.2 Å². The summed E-state index contributed by atoms with van der Waals surface area (Å²) in [7, 11) is 0. The van der Waals surface area contributed by atoms with Crippen molar-refractivity contribution in [2.24, 2.45) is 4.99 Å². The predicted octanol–water partition coefficient (Wildman–Crippen LogP) is 1.96. The molecular weight excluding hydrogens is 200 g/mol. The lowest BCUT2D eigenvalue weighted by Gasteiger charge is -2.03. The summed E-state index contributed by atoms with van der Waals surface area (Å²) in [5.74, 6) is 0.0963. The molecule has 0 saturated carbocycles. The smallest absolute Gasteiger partial charge is 0.311 e. The third-order valence-corrected chi connectivity index (χ3v) is 1.61. The molecule has 0 bridgehead atoms. The van der Waals surface area contributed by atoms with E-state index in [1.807, 2.05) is 0 Å². The largest absolute Gasteiger partial charge is 0.487 e. The van der Waals surface area contributed by atoms with E-state index in [1.54, 1.807) is 6.92 Å². The minimum absolute atomic E-state index is 0.0963. The van der Waals surface area contributed by atoms with Gasteiger partial charge in [-0.1, -0.05) is 0 Å². The van der Waals surface area contributed by atoms with E-state index in [1.165, 1.54) is 24.3 Å². The summed E-state index contributed by atoms with van der Waals surface area (Å²) in [5, 5.41) is 10.6. The van der Waals surface area contributed by atoms with Gasteiger partial charge in [-0.05, 0) is 13.0 Å². The highest BCUT2D eigenvalue weighted by Gasteiger charge is 2.14. The molecule has 0 fully saturated rings. The van der Waals surface area contributed by atoms with Gasteiger partial charge in [-0.15, -0.1) is 0 Å². The van der Waals surface area contributed by atoms with E-state index in [2.05, 4.69) is 4.99 Å². The fourth-order valence-electron chi connectivity index (χ4n) is 1.05. The maximum absolute atomic E-state index is 10.6. The minimum Gasteiger partial charge on any atom is -0.487 e. The molecule has 6 nitrogen and oxygen atoms in total. The number of carbonyl (C=O) groups excluding carboxylic acids is 1. The number of nitro groups is 1. The maximum Gasteiger partial charge on any atom is 0.311 e. The first-order valence-corrected chi connectivity index (χ1v) is 4.18. The standard InChI is InChI=1S/C9H8N2O4/c1-2-15-9-5-7(10-6-12)3-4-8(9)11(13)14/h3-5H,2H2,1H3. The monoisotopic (exact) mass is 208 g/mol. The molecule has 6 heteroatoms. The average Bonchev–Trinajstić information content (AvgIpc) is 2.18. The number of nitro benzene ring substituents is 1. The second-order valence-corrected chi connectivity index (χ2v) is 2.55. The molecule has 0 aliphatic rings. The van der Waals surface area contributed by atoms with Crippen LogP contribution in [0, 0.1) is 10.1 Å². The van der Waals surface area contributed by atoms with Crippen LogP contribution in [0.1, 0.15) is 6.92 Å². The topological polar surface area (TPSA) is 81.8 Å². The van der Waals surface area contributed by atoms with Crippen LogP contribution in [0.2, 0.25) is 0 Å². The van der Waals surface area contributed by atoms with E-state index in [0.717, 1.165) is 0 Å². The number of benzene rings is 1. The Morgan fingerprint density at radius 2 is 2.33 bits per heavy atom. The Labute approximate surface area is 85.3 Å². The number of isocyanates is 1. The molecule has 1 aromatic carbocycles. The highest BCUT2D eigenvalue weighted by atomic mass is 16.6. The van der Waals surface area contributed by atoms with Crippen LogP contribution < -0.4 is 4.74 Å². The Bertz CT molecular complexity index is 424. The van der Waals surface area contributed by atoms with Gasteiger partial charge >= 0.3 is 5.69 Å². The lowest BCUT2D eigenvalue weighted by atomic mass is 10.2. The molecule has 1 rings (SSSR count). The molecule has 0 atom stereocenters. The predicted molar refractivity (Wildman–Crippen MR) is 52.0 cm³/mol. The van der Waals surface area contributed by atoms with Gasteiger partial charge in [0.2, 0.25) is 6.08 Å². The molecule has 0 aliphatic heterocycles. The van der Waals surface area contributed by atoms with Crippen molar-refractivity contribution in [3.8, 4) is 5.75 Å². The molecule has 0 spiro atoms. The third-order valence-electron chi connectivity index (χ3n) is 1.61. The van der Waals surface area contributed by atoms with Gasteiger partial charge in [0.25, 0.3) is 0 Å². The van der Waals surface area contributed by atoms with Crippen molar-refractivity contribution in [3.05, 3.63) is 28.3 Å². The van der Waals surface area contributed by atoms with Crippen LogP contribution >= 0.6 is 0 Å². The molecule has 0 heterocycles. The van der Waals surface area contributed by atoms with Crippen LogP contribution in [-0.2, 0) is 4.79 Å². The number of ether oxygens (including phenoxy) is 1. The molecule has 0 unspecified atom stereocenters. The SMILES string of the molecule is CCOc1cc(N=C=O)ccc1[N+](=O)[O-]. The second kappa shape index (κ2) is 4.88. The Balaban J connectivity index is 3.19. The van der Waals surface area contributed by atoms with Crippen LogP contribution in [0.25, 0.3) is 0 Å².